The van der Waals surface area contributed by atoms with E-state index in [2.05, 4.69) is 24.9 Å². The van der Waals surface area contributed by atoms with Crippen molar-refractivity contribution >= 4 is 34.0 Å². The maximum atomic E-state index is 12.6. The third-order valence-corrected chi connectivity index (χ3v) is 6.51. The predicted octanol–water partition coefficient (Wildman–Crippen LogP) is 2.56. The molecule has 3 heterocycles. The summed E-state index contributed by atoms with van der Waals surface area (Å²) in [7, 11) is 1.83. The van der Waals surface area contributed by atoms with Crippen molar-refractivity contribution in [3.63, 3.8) is 0 Å². The van der Waals surface area contributed by atoms with Gasteiger partial charge in [0.15, 0.2) is 4.96 Å². The Morgan fingerprint density at radius 2 is 2.23 bits per heavy atom. The highest BCUT2D eigenvalue weighted by Gasteiger charge is 2.23. The molecule has 1 amide bonds. The summed E-state index contributed by atoms with van der Waals surface area (Å²) in [4.78, 5) is 19.8. The van der Waals surface area contributed by atoms with Gasteiger partial charge in [0.25, 0.3) is 0 Å². The first-order chi connectivity index (χ1) is 12.6. The van der Waals surface area contributed by atoms with Crippen molar-refractivity contribution in [3.8, 4) is 0 Å². The van der Waals surface area contributed by atoms with Gasteiger partial charge >= 0.3 is 0 Å². The summed E-state index contributed by atoms with van der Waals surface area (Å²) in [5.41, 5.74) is 2.02. The summed E-state index contributed by atoms with van der Waals surface area (Å²) in [5.74, 6) is 0.384. The summed E-state index contributed by atoms with van der Waals surface area (Å²) in [5, 5.41) is 14.8. The molecule has 1 aliphatic rings. The monoisotopic (exact) mass is 391 g/mol. The summed E-state index contributed by atoms with van der Waals surface area (Å²) in [6.45, 7) is 2.52. The van der Waals surface area contributed by atoms with Gasteiger partial charge in [0.1, 0.15) is 0 Å². The van der Waals surface area contributed by atoms with Gasteiger partial charge < -0.3 is 4.90 Å². The molecule has 0 unspecified atom stereocenters. The number of tetrazole rings is 1. The minimum Gasteiger partial charge on any atom is -0.339 e. The fraction of sp³-hybridized carbons (Fsp3) is 0.562. The lowest BCUT2D eigenvalue weighted by atomic mass is 10.3. The Kier molecular flexibility index (Phi) is 4.94. The van der Waals surface area contributed by atoms with Crippen LogP contribution in [0.25, 0.3) is 4.96 Å². The van der Waals surface area contributed by atoms with E-state index in [0.717, 1.165) is 34.3 Å². The number of imidazole rings is 1. The fourth-order valence-corrected chi connectivity index (χ4v) is 5.00. The van der Waals surface area contributed by atoms with Crippen LogP contribution < -0.4 is 0 Å². The quantitative estimate of drug-likeness (QED) is 0.601. The Morgan fingerprint density at radius 3 is 3.04 bits per heavy atom. The van der Waals surface area contributed by atoms with Crippen LogP contribution in [0.4, 0.5) is 0 Å². The van der Waals surface area contributed by atoms with Crippen LogP contribution in [0, 0.1) is 6.92 Å². The zero-order valence-corrected chi connectivity index (χ0v) is 16.5. The Morgan fingerprint density at radius 1 is 1.42 bits per heavy atom. The van der Waals surface area contributed by atoms with E-state index >= 15 is 0 Å². The molecule has 0 saturated heterocycles. The Labute approximate surface area is 159 Å². The summed E-state index contributed by atoms with van der Waals surface area (Å²) in [6.07, 6.45) is 6.67. The minimum atomic E-state index is 0.0561. The van der Waals surface area contributed by atoms with E-state index in [1.165, 1.54) is 24.6 Å². The first kappa shape index (κ1) is 17.5. The molecule has 0 bridgehead atoms. The van der Waals surface area contributed by atoms with Crippen molar-refractivity contribution in [3.05, 3.63) is 23.0 Å². The second-order valence-electron chi connectivity index (χ2n) is 6.58. The van der Waals surface area contributed by atoms with Crippen LogP contribution in [-0.4, -0.2) is 53.2 Å². The molecule has 3 aromatic rings. The molecule has 0 aliphatic heterocycles. The van der Waals surface area contributed by atoms with Gasteiger partial charge in [0.2, 0.25) is 11.1 Å². The molecule has 0 atom stereocenters. The first-order valence-corrected chi connectivity index (χ1v) is 10.6. The number of aromatic nitrogens is 6. The first-order valence-electron chi connectivity index (χ1n) is 8.69. The number of hydrogen-bond acceptors (Lipinski definition) is 7. The van der Waals surface area contributed by atoms with Crippen LogP contribution in [-0.2, 0) is 11.3 Å². The van der Waals surface area contributed by atoms with E-state index in [1.807, 2.05) is 30.2 Å². The Balaban J connectivity index is 1.38. The lowest BCUT2D eigenvalue weighted by Crippen LogP contribution is -2.28. The fourth-order valence-electron chi connectivity index (χ4n) is 3.34. The number of thioether (sulfide) groups is 1. The van der Waals surface area contributed by atoms with Crippen molar-refractivity contribution in [2.45, 2.75) is 50.4 Å². The van der Waals surface area contributed by atoms with E-state index < -0.39 is 0 Å². The van der Waals surface area contributed by atoms with Crippen LogP contribution in [0.3, 0.4) is 0 Å². The van der Waals surface area contributed by atoms with E-state index in [0.29, 0.717) is 18.3 Å². The molecule has 3 aromatic heterocycles. The summed E-state index contributed by atoms with van der Waals surface area (Å²) < 4.78 is 3.94. The van der Waals surface area contributed by atoms with Gasteiger partial charge in [-0.2, -0.15) is 0 Å². The molecule has 8 nitrogen and oxygen atoms in total. The molecule has 1 fully saturated rings. The molecule has 4 rings (SSSR count). The van der Waals surface area contributed by atoms with Crippen molar-refractivity contribution in [1.29, 1.82) is 0 Å². The number of amides is 1. The number of thiazole rings is 1. The molecule has 0 N–H and O–H groups in total. The van der Waals surface area contributed by atoms with Gasteiger partial charge in [0, 0.05) is 18.6 Å². The number of aryl methyl sites for hydroxylation is 1. The molecule has 26 heavy (non-hydrogen) atoms. The van der Waals surface area contributed by atoms with E-state index in [4.69, 9.17) is 0 Å². The molecule has 0 aromatic carbocycles. The minimum absolute atomic E-state index is 0.0561. The SMILES string of the molecule is Cc1nc2sccn2c1CN(C)C(=O)CSc1nnnn1C1CCCC1. The van der Waals surface area contributed by atoms with E-state index in [9.17, 15) is 4.79 Å². The Hall–Kier alpha value is -1.94. The smallest absolute Gasteiger partial charge is 0.233 e. The number of fused-ring (bicyclic) bond motifs is 1. The molecule has 1 saturated carbocycles. The highest BCUT2D eigenvalue weighted by Crippen LogP contribution is 2.31. The van der Waals surface area contributed by atoms with Crippen molar-refractivity contribution in [1.82, 2.24) is 34.5 Å². The zero-order chi connectivity index (χ0) is 18.1. The lowest BCUT2D eigenvalue weighted by Gasteiger charge is -2.17. The van der Waals surface area contributed by atoms with Gasteiger partial charge in [-0.3, -0.25) is 9.20 Å². The normalized spacial score (nSPS) is 15.2. The average Bonchev–Trinajstić information content (AvgIpc) is 3.39. The van der Waals surface area contributed by atoms with Gasteiger partial charge in [-0.15, -0.1) is 16.4 Å². The highest BCUT2D eigenvalue weighted by atomic mass is 32.2. The number of hydrogen-bond donors (Lipinski definition) is 0. The van der Waals surface area contributed by atoms with E-state index in [1.54, 1.807) is 16.2 Å². The lowest BCUT2D eigenvalue weighted by molar-refractivity contribution is -0.127. The summed E-state index contributed by atoms with van der Waals surface area (Å²) in [6, 6.07) is 0.377. The number of nitrogens with zero attached hydrogens (tertiary/aromatic N) is 7. The number of rotatable bonds is 6. The van der Waals surface area contributed by atoms with Crippen LogP contribution in [0.2, 0.25) is 0 Å². The maximum Gasteiger partial charge on any atom is 0.233 e. The molecule has 10 heteroatoms. The maximum absolute atomic E-state index is 12.6. The third-order valence-electron chi connectivity index (χ3n) is 4.83. The predicted molar refractivity (Wildman–Crippen MR) is 100 cm³/mol. The topological polar surface area (TPSA) is 81.2 Å². The van der Waals surface area contributed by atoms with Gasteiger partial charge in [-0.05, 0) is 30.2 Å². The second kappa shape index (κ2) is 7.36. The van der Waals surface area contributed by atoms with Crippen LogP contribution in [0.1, 0.15) is 43.1 Å². The van der Waals surface area contributed by atoms with Crippen molar-refractivity contribution < 1.29 is 4.79 Å². The molecular weight excluding hydrogens is 370 g/mol. The third kappa shape index (κ3) is 3.35. The largest absolute Gasteiger partial charge is 0.339 e. The zero-order valence-electron chi connectivity index (χ0n) is 14.8. The van der Waals surface area contributed by atoms with Gasteiger partial charge in [-0.1, -0.05) is 24.6 Å². The molecule has 0 radical (unpaired) electrons. The van der Waals surface area contributed by atoms with E-state index in [-0.39, 0.29) is 5.91 Å². The van der Waals surface area contributed by atoms with Crippen LogP contribution in [0.15, 0.2) is 16.7 Å². The molecular formula is C16H21N7OS2. The second-order valence-corrected chi connectivity index (χ2v) is 8.40. The number of carbonyl (C=O) groups is 1. The van der Waals surface area contributed by atoms with Crippen LogP contribution in [0.5, 0.6) is 0 Å². The highest BCUT2D eigenvalue weighted by molar-refractivity contribution is 7.99. The standard InChI is InChI=1S/C16H21N7OS2/c1-11-13(22-7-8-25-15(22)17-11)9-21(2)14(24)10-26-16-18-19-20-23(16)12-5-3-4-6-12/h7-8,12H,3-6,9-10H2,1-2H3. The molecule has 0 spiro atoms. The number of carbonyl (C=O) groups excluding carboxylic acids is 1. The van der Waals surface area contributed by atoms with Crippen LogP contribution >= 0.6 is 23.1 Å². The Bertz CT molecular complexity index is 909. The average molecular weight is 392 g/mol. The van der Waals surface area contributed by atoms with Gasteiger partial charge in [-0.25, -0.2) is 9.67 Å². The summed E-state index contributed by atoms with van der Waals surface area (Å²) >= 11 is 3.01. The van der Waals surface area contributed by atoms with Crippen molar-refractivity contribution in [2.24, 2.45) is 0 Å². The van der Waals surface area contributed by atoms with Crippen molar-refractivity contribution in [2.75, 3.05) is 12.8 Å². The van der Waals surface area contributed by atoms with Gasteiger partial charge in [0.05, 0.1) is 29.7 Å². The molecule has 1 aliphatic carbocycles. The molecule has 138 valence electrons.